The minimum atomic E-state index is -5.91. The van der Waals surface area contributed by atoms with Gasteiger partial charge in [0.2, 0.25) is 34.4 Å². The van der Waals surface area contributed by atoms with Gasteiger partial charge in [-0.3, -0.25) is 36.4 Å². The number of nitrogens with one attached hydrogen (secondary N) is 6. The summed E-state index contributed by atoms with van der Waals surface area (Å²) in [5, 5.41) is 9.45. The molecule has 0 saturated carbocycles. The van der Waals surface area contributed by atoms with Crippen molar-refractivity contribution < 1.29 is 116 Å². The van der Waals surface area contributed by atoms with Crippen LogP contribution in [-0.4, -0.2) is 127 Å². The third-order valence-corrected chi connectivity index (χ3v) is 22.0. The Kier molecular flexibility index (Phi) is 18.8. The summed E-state index contributed by atoms with van der Waals surface area (Å²) >= 11 is 25.8. The molecule has 7 aromatic carbocycles. The van der Waals surface area contributed by atoms with Gasteiger partial charge in [0.25, 0.3) is 60.7 Å². The maximum Gasteiger partial charge on any atom is 0.356 e. The van der Waals surface area contributed by atoms with Crippen LogP contribution in [0.5, 0.6) is 23.0 Å². The van der Waals surface area contributed by atoms with Crippen LogP contribution in [0.4, 0.5) is 80.7 Å². The van der Waals surface area contributed by atoms with Crippen LogP contribution < -0.4 is 62.7 Å². The molecule has 0 fully saturated rings. The molecule has 0 amide bonds. The predicted molar refractivity (Wildman–Crippen MR) is 349 cm³/mol. The fourth-order valence-corrected chi connectivity index (χ4v) is 17.2. The zero-order valence-electron chi connectivity index (χ0n) is 47.7. The number of benzene rings is 7. The van der Waals surface area contributed by atoms with Crippen molar-refractivity contribution in [3.8, 4) is 23.0 Å². The van der Waals surface area contributed by atoms with E-state index in [1.54, 1.807) is 0 Å². The number of fused-ring (bicyclic) bond motifs is 4. The summed E-state index contributed by atoms with van der Waals surface area (Å²) in [6.07, 6.45) is 0. The average Bonchev–Trinajstić information content (AvgIpc) is 0.726. The summed E-state index contributed by atoms with van der Waals surface area (Å²) in [5.41, 5.74) is -6.97. The Morgan fingerprint density at radius 2 is 0.610 bits per heavy atom. The Hall–Kier alpha value is -8.52. The van der Waals surface area contributed by atoms with E-state index in [-0.39, 0.29) is 11.4 Å². The highest BCUT2D eigenvalue weighted by molar-refractivity contribution is 7.90. The topological polar surface area (TPSA) is 634 Å². The first-order valence-corrected chi connectivity index (χ1v) is 39.2. The summed E-state index contributed by atoms with van der Waals surface area (Å²) in [7, 11) is -44.5. The fraction of sp³-hybridized carbons (Fsp3) is 0. The smallest absolute Gasteiger partial charge is 0.356 e. The quantitative estimate of drug-likeness (QED) is 0.0292. The molecule has 4 heterocycles. The first-order valence-electron chi connectivity index (χ1n) is 25.9. The second-order valence-electron chi connectivity index (χ2n) is 19.9. The second kappa shape index (κ2) is 25.8. The summed E-state index contributed by atoms with van der Waals surface area (Å²) in [5.74, 6) is -5.70. The number of halogens is 4. The van der Waals surface area contributed by atoms with Crippen LogP contribution in [0.2, 0.25) is 20.6 Å². The molecule has 11 rings (SSSR count). The molecule has 9 aromatic rings. The van der Waals surface area contributed by atoms with Gasteiger partial charge in [-0.1, -0.05) is 35.3 Å². The fourth-order valence-electron chi connectivity index (χ4n) is 9.43. The zero-order chi connectivity index (χ0) is 73.1. The van der Waals surface area contributed by atoms with Crippen LogP contribution >= 0.6 is 61.6 Å². The van der Waals surface area contributed by atoms with Gasteiger partial charge in [0.1, 0.15) is 51.7 Å². The molecule has 0 atom stereocenters. The molecule has 524 valence electrons. The van der Waals surface area contributed by atoms with E-state index in [1.165, 1.54) is 24.3 Å². The van der Waals surface area contributed by atoms with E-state index in [4.69, 9.17) is 55.9 Å². The SMILES string of the molecule is O=P(O)(O)c1cccc(Nc2nc(Cl)nc(Nc3ccc(Nc4ccc5c(c4S(=O)(=O)O)Oc4c(Cl)c6c(c(Cl)c4=N5)Oc4c(ccc(Nc5ccc(Nc7nc(Cl)nc(Nc8cccc(P(=O)(O)O)c8)n7)c(S(=O)(=O)O)c5S(=O)(=O)O)c4S(=O)(=O)O)N=6)c(S(=O)(=O)O)c3S(=O)(=O)O)n2)c1. The van der Waals surface area contributed by atoms with Gasteiger partial charge in [-0.2, -0.15) is 80.4 Å². The summed E-state index contributed by atoms with van der Waals surface area (Å²) in [6.45, 7) is 0. The van der Waals surface area contributed by atoms with E-state index in [2.05, 4.69) is 71.8 Å². The summed E-state index contributed by atoms with van der Waals surface area (Å²) in [4.78, 5) is 60.7. The number of aromatic nitrogens is 6. The molecular weight excluding hydrogens is 1580 g/mol. The number of ether oxygens (including phenoxy) is 2. The average molecular weight is 1620 g/mol. The third-order valence-electron chi connectivity index (χ3n) is 13.2. The number of anilines is 12. The van der Waals surface area contributed by atoms with Crippen LogP contribution in [0.15, 0.2) is 136 Å². The lowest BCUT2D eigenvalue weighted by molar-refractivity contribution is 0.385. The lowest BCUT2D eigenvalue weighted by Gasteiger charge is -2.24. The minimum Gasteiger partial charge on any atom is -0.450 e. The Morgan fingerprint density at radius 1 is 0.340 bits per heavy atom. The van der Waals surface area contributed by atoms with Crippen molar-refractivity contribution in [2.24, 2.45) is 9.98 Å². The van der Waals surface area contributed by atoms with Gasteiger partial charge in [-0.15, -0.1) is 0 Å². The van der Waals surface area contributed by atoms with Gasteiger partial charge < -0.3 is 60.9 Å². The van der Waals surface area contributed by atoms with Gasteiger partial charge >= 0.3 is 15.2 Å². The Balaban J connectivity index is 0.942. The molecule has 0 spiro atoms. The highest BCUT2D eigenvalue weighted by Crippen LogP contribution is 2.51. The first kappa shape index (κ1) is 72.7. The van der Waals surface area contributed by atoms with Crippen molar-refractivity contribution in [3.05, 3.63) is 128 Å². The maximum absolute atomic E-state index is 13.4. The van der Waals surface area contributed by atoms with E-state index in [1.807, 2.05) is 0 Å². The monoisotopic (exact) mass is 1610 g/mol. The van der Waals surface area contributed by atoms with Crippen LogP contribution in [0.3, 0.4) is 0 Å². The van der Waals surface area contributed by atoms with E-state index in [9.17, 15) is 107 Å². The van der Waals surface area contributed by atoms with Crippen molar-refractivity contribution >= 4 is 214 Å². The first-order chi connectivity index (χ1) is 46.2. The molecule has 0 radical (unpaired) electrons. The Labute approximate surface area is 578 Å². The third kappa shape index (κ3) is 15.1. The molecule has 2 aliphatic heterocycles. The highest BCUT2D eigenvalue weighted by atomic mass is 35.5. The van der Waals surface area contributed by atoms with E-state index < -0.39 is 239 Å². The molecule has 2 aromatic heterocycles. The molecule has 0 unspecified atom stereocenters. The predicted octanol–water partition coefficient (Wildman–Crippen LogP) is 6.33. The van der Waals surface area contributed by atoms with E-state index in [0.717, 1.165) is 60.7 Å². The minimum absolute atomic E-state index is 0.0246. The molecule has 16 N–H and O–H groups in total. The van der Waals surface area contributed by atoms with Crippen LogP contribution in [-0.2, 0) is 69.8 Å². The lowest BCUT2D eigenvalue weighted by Crippen LogP contribution is -2.23. The van der Waals surface area contributed by atoms with Gasteiger partial charge in [0.15, 0.2) is 32.8 Å². The second-order valence-corrected chi connectivity index (χ2v) is 32.7. The number of nitrogens with zero attached hydrogens (tertiary/aromatic N) is 8. The van der Waals surface area contributed by atoms with Gasteiger partial charge in [-0.05, 0) is 108 Å². The van der Waals surface area contributed by atoms with Gasteiger partial charge in [-0.25, -0.2) is 9.98 Å². The maximum atomic E-state index is 13.4. The molecule has 0 aliphatic carbocycles. The summed E-state index contributed by atoms with van der Waals surface area (Å²) < 4.78 is 259. The van der Waals surface area contributed by atoms with Crippen LogP contribution in [0.1, 0.15) is 0 Å². The van der Waals surface area contributed by atoms with Crippen molar-refractivity contribution in [1.29, 1.82) is 0 Å². The zero-order valence-corrected chi connectivity index (χ0v) is 57.4. The largest absolute Gasteiger partial charge is 0.450 e. The summed E-state index contributed by atoms with van der Waals surface area (Å²) in [6, 6.07) is 15.6. The lowest BCUT2D eigenvalue weighted by atomic mass is 10.1. The van der Waals surface area contributed by atoms with Crippen molar-refractivity contribution in [2.45, 2.75) is 29.4 Å². The molecule has 40 nitrogen and oxygen atoms in total. The molecule has 0 saturated heterocycles. The number of hydrogen-bond acceptors (Lipinski definition) is 30. The van der Waals surface area contributed by atoms with E-state index >= 15 is 0 Å². The highest BCUT2D eigenvalue weighted by Gasteiger charge is 2.39. The normalized spacial score (nSPS) is 13.2. The Morgan fingerprint density at radius 3 is 0.900 bits per heavy atom. The molecule has 2 aliphatic rings. The molecule has 0 bridgehead atoms. The van der Waals surface area contributed by atoms with Crippen molar-refractivity contribution in [3.63, 3.8) is 0 Å². The molecule has 100 heavy (non-hydrogen) atoms. The number of hydrogen-bond donors (Lipinski definition) is 16. The van der Waals surface area contributed by atoms with Crippen molar-refractivity contribution in [2.75, 3.05) is 31.9 Å². The van der Waals surface area contributed by atoms with Gasteiger partial charge in [0.05, 0.1) is 44.7 Å². The van der Waals surface area contributed by atoms with E-state index in [0.29, 0.717) is 12.1 Å². The van der Waals surface area contributed by atoms with Crippen LogP contribution in [0.25, 0.3) is 0 Å². The standard InChI is InChI=1S/C48H32Cl4N14O26P2S6/c49-29-32-36(92-34-22(58-32)8-10-24(38(34)96(76,77)78)56-26-12-14-28(42(100(88,89)90)40(26)98(82,83)84)60-48-64-44(52)62-46(66-48)54-18-4-2-6-20(16-18)94(70,71)72)30(50)31-35(29)91-33-21(57-31)7-9-23(37(33)95(73,74)75)55-25-11-13-27(41(99(85,86)87)39(25)97(79,80)81)59-47-63-43(51)61-45(65-47)53-17-3-1-5-19(15-17)93(67,68)69/h1-16,55-56H,(H2,67,68,69)(H2,70,71,72)(H,73,74,75)(H,76,77,78)(H,79,80,81)(H,82,83,84)(H,85,86,87)(H,88,89,90)(H2,53,59,61,63,65)(H2,54,60,62,64,66). The van der Waals surface area contributed by atoms with Gasteiger partial charge in [0, 0.05) is 11.4 Å². The molecular formula is C48H32Cl4N14O26P2S6. The van der Waals surface area contributed by atoms with Crippen molar-refractivity contribution in [1.82, 2.24) is 29.9 Å². The van der Waals surface area contributed by atoms with Crippen LogP contribution in [0, 0.1) is 0 Å². The number of rotatable bonds is 20. The molecule has 52 heteroatoms. The Bertz CT molecular complexity index is 5730.